The Balaban J connectivity index is 2.30. The number of rotatable bonds is 1. The predicted molar refractivity (Wildman–Crippen MR) is 44.9 cm³/mol. The molecule has 2 aliphatic rings. The maximum Gasteiger partial charge on any atom is 0.331 e. The molecule has 0 aromatic heterocycles. The number of hydrogen-bond acceptors (Lipinski definition) is 3. The molecule has 0 spiro atoms. The largest absolute Gasteiger partial charge is 0.467 e. The molecule has 0 saturated carbocycles. The quantitative estimate of drug-likeness (QED) is 0.550. The van der Waals surface area contributed by atoms with Gasteiger partial charge >= 0.3 is 5.97 Å². The second-order valence-corrected chi connectivity index (χ2v) is 3.67. The lowest BCUT2D eigenvalue weighted by Crippen LogP contribution is -2.47. The summed E-state index contributed by atoms with van der Waals surface area (Å²) in [5, 5.41) is 0. The minimum atomic E-state index is -0.591. The molecule has 2 aliphatic heterocycles. The van der Waals surface area contributed by atoms with Crippen molar-refractivity contribution in [3.63, 3.8) is 0 Å². The second kappa shape index (κ2) is 2.72. The van der Waals surface area contributed by atoms with Gasteiger partial charge in [0.15, 0.2) is 0 Å². The Morgan fingerprint density at radius 3 is 3.00 bits per heavy atom. The van der Waals surface area contributed by atoms with Crippen molar-refractivity contribution in [3.8, 4) is 0 Å². The summed E-state index contributed by atoms with van der Waals surface area (Å²) in [4.78, 5) is 24.6. The van der Waals surface area contributed by atoms with Gasteiger partial charge < -0.3 is 9.64 Å². The summed E-state index contributed by atoms with van der Waals surface area (Å²) in [5.41, 5.74) is -0.591. The van der Waals surface area contributed by atoms with Crippen LogP contribution in [0.2, 0.25) is 0 Å². The summed E-state index contributed by atoms with van der Waals surface area (Å²) in [7, 11) is 1.39. The van der Waals surface area contributed by atoms with Gasteiger partial charge in [0.05, 0.1) is 7.11 Å². The van der Waals surface area contributed by atoms with Crippen LogP contribution >= 0.6 is 0 Å². The Bertz CT molecular complexity index is 264. The van der Waals surface area contributed by atoms with Crippen molar-refractivity contribution in [2.75, 3.05) is 13.7 Å². The molecule has 1 amide bonds. The number of hydrogen-bond donors (Lipinski definition) is 0. The van der Waals surface area contributed by atoms with Gasteiger partial charge in [-0.15, -0.1) is 0 Å². The Labute approximate surface area is 76.8 Å². The molecule has 0 aliphatic carbocycles. The van der Waals surface area contributed by atoms with Gasteiger partial charge in [0.1, 0.15) is 5.54 Å². The number of carbonyl (C=O) groups is 2. The summed E-state index contributed by atoms with van der Waals surface area (Å²) >= 11 is 0. The molecule has 13 heavy (non-hydrogen) atoms. The number of fused-ring (bicyclic) bond motifs is 1. The standard InChI is InChI=1S/C9H13NO3/c1-13-8(12)9-4-2-6-10(9)7(11)3-5-9/h2-6H2,1H3/t9-/m1/s1. The third-order valence-corrected chi connectivity index (χ3v) is 3.11. The van der Waals surface area contributed by atoms with Crippen molar-refractivity contribution in [2.24, 2.45) is 0 Å². The first-order valence-corrected chi connectivity index (χ1v) is 4.59. The van der Waals surface area contributed by atoms with Crippen LogP contribution < -0.4 is 0 Å². The number of esters is 1. The van der Waals surface area contributed by atoms with Gasteiger partial charge in [0.2, 0.25) is 5.91 Å². The molecule has 0 radical (unpaired) electrons. The number of carbonyl (C=O) groups excluding carboxylic acids is 2. The first-order chi connectivity index (χ1) is 6.20. The first-order valence-electron chi connectivity index (χ1n) is 4.59. The van der Waals surface area contributed by atoms with Crippen LogP contribution in [-0.4, -0.2) is 36.0 Å². The Kier molecular flexibility index (Phi) is 1.78. The van der Waals surface area contributed by atoms with Crippen molar-refractivity contribution in [3.05, 3.63) is 0 Å². The highest BCUT2D eigenvalue weighted by atomic mass is 16.5. The van der Waals surface area contributed by atoms with E-state index in [1.54, 1.807) is 4.90 Å². The molecule has 4 nitrogen and oxygen atoms in total. The van der Waals surface area contributed by atoms with E-state index >= 15 is 0 Å². The zero-order valence-electron chi connectivity index (χ0n) is 7.71. The highest BCUT2D eigenvalue weighted by Gasteiger charge is 2.54. The molecule has 2 saturated heterocycles. The van der Waals surface area contributed by atoms with E-state index in [0.29, 0.717) is 19.4 Å². The molecule has 1 atom stereocenters. The van der Waals surface area contributed by atoms with Crippen molar-refractivity contribution in [1.82, 2.24) is 4.90 Å². The number of amides is 1. The molecule has 0 N–H and O–H groups in total. The smallest absolute Gasteiger partial charge is 0.331 e. The van der Waals surface area contributed by atoms with Gasteiger partial charge in [-0.1, -0.05) is 0 Å². The average molecular weight is 183 g/mol. The molecule has 0 unspecified atom stereocenters. The average Bonchev–Trinajstić information content (AvgIpc) is 2.67. The molecule has 0 aromatic carbocycles. The highest BCUT2D eigenvalue weighted by molar-refractivity contribution is 5.92. The van der Waals surface area contributed by atoms with Crippen molar-refractivity contribution in [1.29, 1.82) is 0 Å². The monoisotopic (exact) mass is 183 g/mol. The summed E-state index contributed by atoms with van der Waals surface area (Å²) in [6.45, 7) is 0.716. The third-order valence-electron chi connectivity index (χ3n) is 3.11. The molecule has 72 valence electrons. The summed E-state index contributed by atoms with van der Waals surface area (Å²) < 4.78 is 4.75. The third kappa shape index (κ3) is 0.975. The Hall–Kier alpha value is -1.06. The molecule has 4 heteroatoms. The Morgan fingerprint density at radius 2 is 2.31 bits per heavy atom. The van der Waals surface area contributed by atoms with Crippen LogP contribution in [0.1, 0.15) is 25.7 Å². The zero-order valence-corrected chi connectivity index (χ0v) is 7.71. The minimum absolute atomic E-state index is 0.0999. The van der Waals surface area contributed by atoms with E-state index in [1.807, 2.05) is 0 Å². The lowest BCUT2D eigenvalue weighted by Gasteiger charge is -2.28. The maximum absolute atomic E-state index is 11.5. The van der Waals surface area contributed by atoms with Crippen molar-refractivity contribution in [2.45, 2.75) is 31.2 Å². The van der Waals surface area contributed by atoms with Crippen LogP contribution in [0.4, 0.5) is 0 Å². The van der Waals surface area contributed by atoms with Gasteiger partial charge in [0.25, 0.3) is 0 Å². The number of methoxy groups -OCH3 is 1. The van der Waals surface area contributed by atoms with Crippen molar-refractivity contribution >= 4 is 11.9 Å². The molecular weight excluding hydrogens is 170 g/mol. The van der Waals surface area contributed by atoms with Gasteiger partial charge in [-0.2, -0.15) is 0 Å². The topological polar surface area (TPSA) is 46.6 Å². The van der Waals surface area contributed by atoms with E-state index in [-0.39, 0.29) is 11.9 Å². The molecule has 2 fully saturated rings. The number of ether oxygens (including phenoxy) is 1. The van der Waals surface area contributed by atoms with E-state index in [0.717, 1.165) is 12.8 Å². The second-order valence-electron chi connectivity index (χ2n) is 3.67. The Morgan fingerprint density at radius 1 is 1.54 bits per heavy atom. The van der Waals surface area contributed by atoms with Crippen molar-refractivity contribution < 1.29 is 14.3 Å². The van der Waals surface area contributed by atoms with Gasteiger partial charge in [-0.05, 0) is 19.3 Å². The minimum Gasteiger partial charge on any atom is -0.467 e. The van der Waals surface area contributed by atoms with Crippen LogP contribution in [-0.2, 0) is 14.3 Å². The van der Waals surface area contributed by atoms with E-state index in [2.05, 4.69) is 0 Å². The first kappa shape index (κ1) is 8.53. The molecular formula is C9H13NO3. The zero-order chi connectivity index (χ0) is 9.47. The fourth-order valence-electron chi connectivity index (χ4n) is 2.45. The molecule has 2 heterocycles. The summed E-state index contributed by atoms with van der Waals surface area (Å²) in [5.74, 6) is -0.140. The van der Waals surface area contributed by atoms with E-state index < -0.39 is 5.54 Å². The predicted octanol–water partition coefficient (Wildman–Crippen LogP) is 0.314. The van der Waals surface area contributed by atoms with Gasteiger partial charge in [-0.3, -0.25) is 4.79 Å². The van der Waals surface area contributed by atoms with E-state index in [9.17, 15) is 9.59 Å². The van der Waals surface area contributed by atoms with Crippen LogP contribution in [0.15, 0.2) is 0 Å². The van der Waals surface area contributed by atoms with E-state index in [1.165, 1.54) is 7.11 Å². The summed E-state index contributed by atoms with van der Waals surface area (Å²) in [6, 6.07) is 0. The molecule has 0 bridgehead atoms. The van der Waals surface area contributed by atoms with Crippen LogP contribution in [0.25, 0.3) is 0 Å². The van der Waals surface area contributed by atoms with Crippen LogP contribution in [0, 0.1) is 0 Å². The lowest BCUT2D eigenvalue weighted by molar-refractivity contribution is -0.155. The number of nitrogens with zero attached hydrogens (tertiary/aromatic N) is 1. The maximum atomic E-state index is 11.5. The molecule has 2 rings (SSSR count). The summed E-state index contributed by atoms with van der Waals surface area (Å²) in [6.07, 6.45) is 2.82. The SMILES string of the molecule is COC(=O)[C@]12CCCN1C(=O)CC2. The highest BCUT2D eigenvalue weighted by Crippen LogP contribution is 2.40. The molecule has 0 aromatic rings. The van der Waals surface area contributed by atoms with Gasteiger partial charge in [0, 0.05) is 13.0 Å². The normalized spacial score (nSPS) is 32.1. The van der Waals surface area contributed by atoms with E-state index in [4.69, 9.17) is 4.74 Å². The van der Waals surface area contributed by atoms with Gasteiger partial charge in [-0.25, -0.2) is 4.79 Å². The fourth-order valence-corrected chi connectivity index (χ4v) is 2.45. The fraction of sp³-hybridized carbons (Fsp3) is 0.778. The lowest BCUT2D eigenvalue weighted by atomic mass is 9.94. The van der Waals surface area contributed by atoms with Crippen LogP contribution in [0.5, 0.6) is 0 Å². The van der Waals surface area contributed by atoms with Crippen LogP contribution in [0.3, 0.4) is 0 Å².